The second-order valence-corrected chi connectivity index (χ2v) is 18.9. The largest absolute Gasteiger partial charge is 0.310 e. The van der Waals surface area contributed by atoms with Crippen LogP contribution in [0, 0.1) is 0 Å². The number of aromatic nitrogens is 2. The topological polar surface area (TPSA) is 13.1 Å². The molecule has 0 radical (unpaired) electrons. The van der Waals surface area contributed by atoms with Crippen molar-refractivity contribution in [1.29, 1.82) is 0 Å². The van der Waals surface area contributed by atoms with Crippen molar-refractivity contribution in [2.75, 3.05) is 4.90 Å². The highest BCUT2D eigenvalue weighted by molar-refractivity contribution is 8.00. The van der Waals surface area contributed by atoms with E-state index in [0.717, 1.165) is 17.1 Å². The molecule has 0 unspecified atom stereocenters. The maximum atomic E-state index is 2.65. The molecule has 0 aliphatic carbocycles. The smallest absolute Gasteiger partial charge is 0.249 e. The number of fused-ring (bicyclic) bond motifs is 15. The summed E-state index contributed by atoms with van der Waals surface area (Å²) in [5.74, 6) is 0. The Morgan fingerprint density at radius 2 is 0.902 bits per heavy atom. The molecule has 0 atom stereocenters. The summed E-state index contributed by atoms with van der Waals surface area (Å²) in [5, 5.41) is 5.25. The van der Waals surface area contributed by atoms with Crippen LogP contribution in [0.1, 0.15) is 0 Å². The standard InChI is InChI=1S/C54H31B2N3S2/c1-3-14-32(15-4-1)57(33-16-5-2-6-17-33)34-30-44-51-48(31-34)61-46-26-10-8-21-39(46)56(51)41-23-12-19-37-49-42(58(44)53(37)41)29-28-36-35-18-11-22-40-52(35)59(54(36)49)43-24-13-27-47-50(43)55(40)38-20-7-9-25-45(38)60-47/h1-31H. The van der Waals surface area contributed by atoms with Gasteiger partial charge in [-0.15, -0.1) is 0 Å². The third-order valence-electron chi connectivity index (χ3n) is 13.8. The maximum absolute atomic E-state index is 2.65. The van der Waals surface area contributed by atoms with Crippen molar-refractivity contribution in [2.45, 2.75) is 19.6 Å². The zero-order valence-electron chi connectivity index (χ0n) is 32.7. The fraction of sp³-hybridized carbons (Fsp3) is 0. The highest BCUT2D eigenvalue weighted by Crippen LogP contribution is 2.47. The molecule has 4 aliphatic heterocycles. The fourth-order valence-corrected chi connectivity index (χ4v) is 13.9. The highest BCUT2D eigenvalue weighted by Gasteiger charge is 2.42. The lowest BCUT2D eigenvalue weighted by molar-refractivity contribution is 1.16. The summed E-state index contributed by atoms with van der Waals surface area (Å²) in [5.41, 5.74) is 19.6. The van der Waals surface area contributed by atoms with Crippen molar-refractivity contribution in [1.82, 2.24) is 9.13 Å². The molecule has 61 heavy (non-hydrogen) atoms. The minimum atomic E-state index is 0.116. The molecule has 2 aromatic heterocycles. The van der Waals surface area contributed by atoms with Gasteiger partial charge >= 0.3 is 0 Å². The van der Waals surface area contributed by atoms with E-state index in [4.69, 9.17) is 0 Å². The van der Waals surface area contributed by atoms with Crippen LogP contribution in [-0.4, -0.2) is 22.6 Å². The molecule has 0 amide bonds. The van der Waals surface area contributed by atoms with Gasteiger partial charge in [-0.05, 0) is 88.6 Å². The molecule has 0 spiro atoms. The van der Waals surface area contributed by atoms with Crippen molar-refractivity contribution in [2.24, 2.45) is 0 Å². The molecule has 6 heterocycles. The van der Waals surface area contributed by atoms with Gasteiger partial charge in [-0.25, -0.2) is 0 Å². The molecule has 0 fully saturated rings. The van der Waals surface area contributed by atoms with Gasteiger partial charge < -0.3 is 14.0 Å². The van der Waals surface area contributed by atoms with Crippen LogP contribution in [0.3, 0.4) is 0 Å². The highest BCUT2D eigenvalue weighted by atomic mass is 32.2. The Balaban J connectivity index is 1.09. The quantitative estimate of drug-likeness (QED) is 0.165. The van der Waals surface area contributed by atoms with Crippen LogP contribution in [0.25, 0.3) is 55.0 Å². The maximum Gasteiger partial charge on any atom is 0.249 e. The van der Waals surface area contributed by atoms with Crippen LogP contribution in [0.2, 0.25) is 0 Å². The number of nitrogens with zero attached hydrogens (tertiary/aromatic N) is 3. The third kappa shape index (κ3) is 4.20. The van der Waals surface area contributed by atoms with E-state index in [9.17, 15) is 0 Å². The van der Waals surface area contributed by atoms with E-state index in [2.05, 4.69) is 202 Å². The van der Waals surface area contributed by atoms with Gasteiger partial charge in [-0.3, -0.25) is 0 Å². The Morgan fingerprint density at radius 1 is 0.361 bits per heavy atom. The van der Waals surface area contributed by atoms with Crippen LogP contribution in [-0.2, 0) is 0 Å². The molecule has 9 aromatic carbocycles. The lowest BCUT2D eigenvalue weighted by Crippen LogP contribution is -2.58. The predicted molar refractivity (Wildman–Crippen MR) is 260 cm³/mol. The molecule has 280 valence electrons. The number of rotatable bonds is 3. The number of para-hydroxylation sites is 4. The lowest BCUT2D eigenvalue weighted by Gasteiger charge is -2.35. The van der Waals surface area contributed by atoms with E-state index >= 15 is 0 Å². The molecule has 15 rings (SSSR count). The second-order valence-electron chi connectivity index (χ2n) is 16.7. The van der Waals surface area contributed by atoms with E-state index in [0.29, 0.717) is 0 Å². The molecular formula is C54H31B2N3S2. The third-order valence-corrected chi connectivity index (χ3v) is 16.1. The van der Waals surface area contributed by atoms with Crippen LogP contribution < -0.4 is 37.7 Å². The van der Waals surface area contributed by atoms with Gasteiger partial charge in [0.1, 0.15) is 0 Å². The Kier molecular flexibility index (Phi) is 6.46. The van der Waals surface area contributed by atoms with Gasteiger partial charge in [0.25, 0.3) is 0 Å². The monoisotopic (exact) mass is 807 g/mol. The van der Waals surface area contributed by atoms with Gasteiger partial charge in [0.15, 0.2) is 0 Å². The molecule has 0 bridgehead atoms. The zero-order chi connectivity index (χ0) is 39.5. The summed E-state index contributed by atoms with van der Waals surface area (Å²) in [4.78, 5) is 7.78. The molecule has 7 heteroatoms. The minimum absolute atomic E-state index is 0.116. The van der Waals surface area contributed by atoms with Crippen molar-refractivity contribution < 1.29 is 0 Å². The van der Waals surface area contributed by atoms with Crippen LogP contribution >= 0.6 is 23.5 Å². The first kappa shape index (κ1) is 33.0. The molecule has 0 N–H and O–H groups in total. The summed E-state index contributed by atoms with van der Waals surface area (Å²) in [6, 6.07) is 70.7. The van der Waals surface area contributed by atoms with Crippen LogP contribution in [0.4, 0.5) is 17.1 Å². The molecule has 3 nitrogen and oxygen atoms in total. The average molecular weight is 808 g/mol. The Morgan fingerprint density at radius 3 is 1.61 bits per heavy atom. The predicted octanol–water partition coefficient (Wildman–Crippen LogP) is 9.94. The first-order valence-electron chi connectivity index (χ1n) is 21.1. The summed E-state index contributed by atoms with van der Waals surface area (Å²) >= 11 is 3.83. The van der Waals surface area contributed by atoms with Crippen molar-refractivity contribution in [3.63, 3.8) is 0 Å². The fourth-order valence-electron chi connectivity index (χ4n) is 11.5. The number of hydrogen-bond donors (Lipinski definition) is 0. The van der Waals surface area contributed by atoms with Gasteiger partial charge in [-0.2, -0.15) is 0 Å². The molecule has 0 saturated carbocycles. The summed E-state index contributed by atoms with van der Waals surface area (Å²) in [7, 11) is 0. The van der Waals surface area contributed by atoms with Crippen LogP contribution in [0.5, 0.6) is 0 Å². The van der Waals surface area contributed by atoms with Gasteiger partial charge in [-0.1, -0.05) is 156 Å². The van der Waals surface area contributed by atoms with Crippen molar-refractivity contribution in [3.05, 3.63) is 188 Å². The van der Waals surface area contributed by atoms with E-state index in [1.54, 1.807) is 0 Å². The Labute approximate surface area is 361 Å². The Bertz CT molecular complexity index is 3700. The van der Waals surface area contributed by atoms with Crippen LogP contribution in [0.15, 0.2) is 208 Å². The normalized spacial score (nSPS) is 13.7. The summed E-state index contributed by atoms with van der Waals surface area (Å²) in [6.07, 6.45) is 0. The molecule has 0 saturated heterocycles. The lowest BCUT2D eigenvalue weighted by atomic mass is 9.35. The van der Waals surface area contributed by atoms with E-state index in [1.807, 2.05) is 23.5 Å². The van der Waals surface area contributed by atoms with E-state index in [1.165, 1.54) is 107 Å². The summed E-state index contributed by atoms with van der Waals surface area (Å²) in [6.45, 7) is 0.306. The molecular weight excluding hydrogens is 776 g/mol. The minimum Gasteiger partial charge on any atom is -0.310 e. The second kappa shape index (κ2) is 11.9. The molecule has 11 aromatic rings. The van der Waals surface area contributed by atoms with Gasteiger partial charge in [0.2, 0.25) is 13.4 Å². The number of hydrogen-bond acceptors (Lipinski definition) is 3. The van der Waals surface area contributed by atoms with E-state index < -0.39 is 0 Å². The summed E-state index contributed by atoms with van der Waals surface area (Å²) < 4.78 is 5.28. The zero-order valence-corrected chi connectivity index (χ0v) is 34.3. The van der Waals surface area contributed by atoms with Gasteiger partial charge in [0, 0.05) is 80.6 Å². The van der Waals surface area contributed by atoms with E-state index in [-0.39, 0.29) is 13.4 Å². The van der Waals surface area contributed by atoms with Crippen molar-refractivity contribution >= 4 is 130 Å². The Hall–Kier alpha value is -6.79. The first-order chi connectivity index (χ1) is 30.3. The molecule has 4 aliphatic rings. The first-order valence-corrected chi connectivity index (χ1v) is 22.7. The average Bonchev–Trinajstić information content (AvgIpc) is 3.84. The van der Waals surface area contributed by atoms with Gasteiger partial charge in [0.05, 0.1) is 11.0 Å². The van der Waals surface area contributed by atoms with Crippen molar-refractivity contribution in [3.8, 4) is 11.4 Å². The number of anilines is 3. The SMILES string of the molecule is c1ccc(N(c2ccccc2)c2cc3c4c(c2)-n2c5ccc6c7cccc8c7n(c6c5c5cccc(c52)B4c2ccccc2S3)-c2cccc3c2B8c2ccccc2S3)cc1. The number of benzene rings is 9.